The predicted molar refractivity (Wildman–Crippen MR) is 81.9 cm³/mol. The monoisotopic (exact) mass is 373 g/mol. The second-order valence-electron chi connectivity index (χ2n) is 4.92. The Morgan fingerprint density at radius 3 is 2.38 bits per heavy atom. The Bertz CT molecular complexity index is 633. The van der Waals surface area contributed by atoms with Crippen molar-refractivity contribution < 1.29 is 19.1 Å². The van der Waals surface area contributed by atoms with Crippen LogP contribution in [0.1, 0.15) is 19.4 Å². The Morgan fingerprint density at radius 1 is 1.24 bits per heavy atom. The number of carbonyl (C=O) groups is 2. The molecule has 2 rings (SSSR count). The molecule has 1 aromatic rings. The zero-order chi connectivity index (χ0) is 15.8. The van der Waals surface area contributed by atoms with Crippen LogP contribution in [-0.2, 0) is 19.1 Å². The van der Waals surface area contributed by atoms with Crippen LogP contribution in [0.4, 0.5) is 5.69 Å². The molecule has 1 heterocycles. The summed E-state index contributed by atoms with van der Waals surface area (Å²) in [7, 11) is 0. The standard InChI is InChI=1S/C14H13BrClNO4/c1-7-10(5-4-9(16)11(7)15)17-6-8-12(18)20-14(2,3)21-13(8)19/h4-6,17H,1-3H3. The first-order valence-electron chi connectivity index (χ1n) is 6.09. The molecule has 0 radical (unpaired) electrons. The Kier molecular flexibility index (Phi) is 4.30. The molecular weight excluding hydrogens is 362 g/mol. The summed E-state index contributed by atoms with van der Waals surface area (Å²) in [6, 6.07) is 3.43. The molecule has 1 N–H and O–H groups in total. The third-order valence-corrected chi connectivity index (χ3v) is 4.39. The average Bonchev–Trinajstić information content (AvgIpc) is 2.36. The molecule has 0 spiro atoms. The van der Waals surface area contributed by atoms with E-state index in [0.29, 0.717) is 10.7 Å². The maximum Gasteiger partial charge on any atom is 0.350 e. The van der Waals surface area contributed by atoms with Gasteiger partial charge >= 0.3 is 11.9 Å². The molecule has 0 aliphatic carbocycles. The predicted octanol–water partition coefficient (Wildman–Crippen LogP) is 3.54. The van der Waals surface area contributed by atoms with Gasteiger partial charge in [-0.2, -0.15) is 0 Å². The van der Waals surface area contributed by atoms with Gasteiger partial charge in [-0.1, -0.05) is 11.6 Å². The van der Waals surface area contributed by atoms with Gasteiger partial charge in [0.15, 0.2) is 5.57 Å². The van der Waals surface area contributed by atoms with Crippen LogP contribution in [-0.4, -0.2) is 17.7 Å². The van der Waals surface area contributed by atoms with Crippen LogP contribution in [0.2, 0.25) is 5.02 Å². The molecule has 1 fully saturated rings. The van der Waals surface area contributed by atoms with E-state index in [9.17, 15) is 9.59 Å². The third kappa shape index (κ3) is 3.39. The van der Waals surface area contributed by atoms with E-state index in [2.05, 4.69) is 21.2 Å². The minimum Gasteiger partial charge on any atom is -0.419 e. The summed E-state index contributed by atoms with van der Waals surface area (Å²) in [5, 5.41) is 3.46. The second kappa shape index (κ2) is 5.69. The van der Waals surface area contributed by atoms with Crippen LogP contribution in [0.15, 0.2) is 28.4 Å². The number of benzene rings is 1. The molecule has 0 unspecified atom stereocenters. The van der Waals surface area contributed by atoms with Crippen molar-refractivity contribution in [1.29, 1.82) is 0 Å². The topological polar surface area (TPSA) is 64.6 Å². The highest BCUT2D eigenvalue weighted by molar-refractivity contribution is 9.10. The average molecular weight is 375 g/mol. The van der Waals surface area contributed by atoms with Gasteiger partial charge in [0, 0.05) is 30.2 Å². The minimum absolute atomic E-state index is 0.195. The molecule has 1 aromatic carbocycles. The highest BCUT2D eigenvalue weighted by atomic mass is 79.9. The summed E-state index contributed by atoms with van der Waals surface area (Å²) in [5.41, 5.74) is 1.35. The molecule has 112 valence electrons. The molecule has 0 aromatic heterocycles. The lowest BCUT2D eigenvalue weighted by atomic mass is 10.2. The van der Waals surface area contributed by atoms with Gasteiger partial charge in [-0.3, -0.25) is 0 Å². The van der Waals surface area contributed by atoms with Crippen molar-refractivity contribution in [2.45, 2.75) is 26.6 Å². The Balaban J connectivity index is 2.24. The van der Waals surface area contributed by atoms with Crippen LogP contribution in [0, 0.1) is 6.92 Å². The van der Waals surface area contributed by atoms with E-state index < -0.39 is 17.7 Å². The van der Waals surface area contributed by atoms with E-state index in [1.807, 2.05) is 6.92 Å². The highest BCUT2D eigenvalue weighted by Crippen LogP contribution is 2.31. The number of nitrogens with one attached hydrogen (secondary N) is 1. The molecule has 5 nitrogen and oxygen atoms in total. The molecule has 7 heteroatoms. The number of esters is 2. The lowest BCUT2D eigenvalue weighted by Crippen LogP contribution is -2.42. The smallest absolute Gasteiger partial charge is 0.350 e. The molecule has 0 atom stereocenters. The van der Waals surface area contributed by atoms with Gasteiger partial charge in [0.05, 0.1) is 5.02 Å². The fourth-order valence-corrected chi connectivity index (χ4v) is 2.29. The lowest BCUT2D eigenvalue weighted by molar-refractivity contribution is -0.222. The molecule has 0 amide bonds. The summed E-state index contributed by atoms with van der Waals surface area (Å²) in [4.78, 5) is 23.6. The molecule has 1 saturated heterocycles. The number of cyclic esters (lactones) is 2. The van der Waals surface area contributed by atoms with Crippen molar-refractivity contribution in [3.05, 3.63) is 39.0 Å². The minimum atomic E-state index is -1.25. The van der Waals surface area contributed by atoms with Gasteiger partial charge < -0.3 is 14.8 Å². The third-order valence-electron chi connectivity index (χ3n) is 2.83. The van der Waals surface area contributed by atoms with Gasteiger partial charge in [0.2, 0.25) is 0 Å². The number of rotatable bonds is 2. The largest absolute Gasteiger partial charge is 0.419 e. The number of hydrogen-bond acceptors (Lipinski definition) is 5. The van der Waals surface area contributed by atoms with E-state index >= 15 is 0 Å². The van der Waals surface area contributed by atoms with Crippen molar-refractivity contribution in [2.24, 2.45) is 0 Å². The molecule has 21 heavy (non-hydrogen) atoms. The maximum atomic E-state index is 11.8. The van der Waals surface area contributed by atoms with Gasteiger partial charge in [0.25, 0.3) is 5.79 Å². The first-order valence-corrected chi connectivity index (χ1v) is 7.26. The quantitative estimate of drug-likeness (QED) is 0.487. The zero-order valence-corrected chi connectivity index (χ0v) is 14.0. The fourth-order valence-electron chi connectivity index (χ4n) is 1.74. The van der Waals surface area contributed by atoms with Gasteiger partial charge in [-0.15, -0.1) is 0 Å². The van der Waals surface area contributed by atoms with E-state index in [-0.39, 0.29) is 5.57 Å². The van der Waals surface area contributed by atoms with Crippen molar-refractivity contribution >= 4 is 45.2 Å². The normalized spacial score (nSPS) is 17.1. The second-order valence-corrected chi connectivity index (χ2v) is 6.12. The van der Waals surface area contributed by atoms with Crippen molar-refractivity contribution in [3.8, 4) is 0 Å². The first kappa shape index (κ1) is 15.9. The number of anilines is 1. The van der Waals surface area contributed by atoms with Crippen LogP contribution < -0.4 is 5.32 Å². The van der Waals surface area contributed by atoms with Crippen LogP contribution >= 0.6 is 27.5 Å². The van der Waals surface area contributed by atoms with Crippen molar-refractivity contribution in [1.82, 2.24) is 0 Å². The molecule has 1 aliphatic rings. The van der Waals surface area contributed by atoms with E-state index in [1.54, 1.807) is 12.1 Å². The van der Waals surface area contributed by atoms with Gasteiger partial charge in [0.1, 0.15) is 0 Å². The van der Waals surface area contributed by atoms with Crippen LogP contribution in [0.25, 0.3) is 0 Å². The van der Waals surface area contributed by atoms with Crippen LogP contribution in [0.3, 0.4) is 0 Å². The summed E-state index contributed by atoms with van der Waals surface area (Å²) in [6.07, 6.45) is 1.27. The summed E-state index contributed by atoms with van der Waals surface area (Å²) in [6.45, 7) is 4.83. The Morgan fingerprint density at radius 2 is 1.81 bits per heavy atom. The number of carbonyl (C=O) groups excluding carboxylic acids is 2. The summed E-state index contributed by atoms with van der Waals surface area (Å²) >= 11 is 9.33. The van der Waals surface area contributed by atoms with E-state index in [1.165, 1.54) is 20.0 Å². The zero-order valence-electron chi connectivity index (χ0n) is 11.6. The van der Waals surface area contributed by atoms with Crippen molar-refractivity contribution in [2.75, 3.05) is 5.32 Å². The summed E-state index contributed by atoms with van der Waals surface area (Å²) < 4.78 is 10.7. The van der Waals surface area contributed by atoms with Gasteiger partial charge in [-0.05, 0) is 40.5 Å². The van der Waals surface area contributed by atoms with Gasteiger partial charge in [-0.25, -0.2) is 9.59 Å². The van der Waals surface area contributed by atoms with E-state index in [0.717, 1.165) is 10.0 Å². The molecule has 1 aliphatic heterocycles. The SMILES string of the molecule is Cc1c(NC=C2C(=O)OC(C)(C)OC2=O)ccc(Cl)c1Br. The van der Waals surface area contributed by atoms with E-state index in [4.69, 9.17) is 21.1 Å². The maximum absolute atomic E-state index is 11.8. The highest BCUT2D eigenvalue weighted by Gasteiger charge is 2.38. The molecular formula is C14H13BrClNO4. The van der Waals surface area contributed by atoms with Crippen molar-refractivity contribution in [3.63, 3.8) is 0 Å². The summed E-state index contributed by atoms with van der Waals surface area (Å²) in [5.74, 6) is -2.70. The lowest BCUT2D eigenvalue weighted by Gasteiger charge is -2.29. The number of halogens is 2. The molecule has 0 saturated carbocycles. The Labute approximate surface area is 135 Å². The molecule has 0 bridgehead atoms. The number of hydrogen-bond donors (Lipinski definition) is 1. The Hall–Kier alpha value is -1.53. The first-order chi connectivity index (χ1) is 9.71. The van der Waals surface area contributed by atoms with Crippen LogP contribution in [0.5, 0.6) is 0 Å². The fraction of sp³-hybridized carbons (Fsp3) is 0.286. The number of ether oxygens (including phenoxy) is 2.